The SMILES string of the molecule is CN=C(NCCOc1cccc(NC(C)=O)c1)NCc1ccc(N2CCCC2=O)cc1.I. The maximum absolute atomic E-state index is 11.9. The molecule has 1 aliphatic heterocycles. The van der Waals surface area contributed by atoms with Gasteiger partial charge in [-0.3, -0.25) is 14.6 Å². The van der Waals surface area contributed by atoms with E-state index < -0.39 is 0 Å². The summed E-state index contributed by atoms with van der Waals surface area (Å²) in [7, 11) is 1.72. The van der Waals surface area contributed by atoms with Crippen molar-refractivity contribution in [2.45, 2.75) is 26.3 Å². The van der Waals surface area contributed by atoms with Crippen molar-refractivity contribution in [3.63, 3.8) is 0 Å². The number of benzene rings is 2. The summed E-state index contributed by atoms with van der Waals surface area (Å²) >= 11 is 0. The Labute approximate surface area is 205 Å². The second kappa shape index (κ2) is 12.9. The third kappa shape index (κ3) is 7.70. The highest BCUT2D eigenvalue weighted by atomic mass is 127. The van der Waals surface area contributed by atoms with Gasteiger partial charge in [0.25, 0.3) is 0 Å². The number of rotatable bonds is 8. The van der Waals surface area contributed by atoms with Gasteiger partial charge >= 0.3 is 0 Å². The van der Waals surface area contributed by atoms with Gasteiger partial charge in [0.15, 0.2) is 5.96 Å². The molecule has 0 aromatic heterocycles. The van der Waals surface area contributed by atoms with E-state index >= 15 is 0 Å². The van der Waals surface area contributed by atoms with Crippen LogP contribution < -0.4 is 25.6 Å². The molecule has 2 aromatic rings. The Morgan fingerprint density at radius 3 is 2.59 bits per heavy atom. The van der Waals surface area contributed by atoms with Crippen LogP contribution in [0.5, 0.6) is 5.75 Å². The fourth-order valence-corrected chi connectivity index (χ4v) is 3.33. The summed E-state index contributed by atoms with van der Waals surface area (Å²) in [6.45, 7) is 3.90. The number of carbonyl (C=O) groups excluding carboxylic acids is 2. The highest BCUT2D eigenvalue weighted by molar-refractivity contribution is 14.0. The normalized spacial score (nSPS) is 13.4. The highest BCUT2D eigenvalue weighted by Gasteiger charge is 2.21. The molecule has 1 aliphatic rings. The van der Waals surface area contributed by atoms with E-state index in [2.05, 4.69) is 20.9 Å². The highest BCUT2D eigenvalue weighted by Crippen LogP contribution is 2.21. The molecule has 3 N–H and O–H groups in total. The lowest BCUT2D eigenvalue weighted by atomic mass is 10.2. The molecule has 0 aliphatic carbocycles. The van der Waals surface area contributed by atoms with Crippen LogP contribution in [0.1, 0.15) is 25.3 Å². The predicted octanol–water partition coefficient (Wildman–Crippen LogP) is 3.13. The summed E-state index contributed by atoms with van der Waals surface area (Å²) in [4.78, 5) is 29.1. The molecule has 0 radical (unpaired) electrons. The lowest BCUT2D eigenvalue weighted by molar-refractivity contribution is -0.117. The van der Waals surface area contributed by atoms with Crippen LogP contribution in [-0.4, -0.2) is 44.5 Å². The van der Waals surface area contributed by atoms with Crippen LogP contribution in [0.4, 0.5) is 11.4 Å². The Bertz CT molecular complexity index is 933. The third-order valence-electron chi connectivity index (χ3n) is 4.82. The van der Waals surface area contributed by atoms with E-state index in [9.17, 15) is 9.59 Å². The van der Waals surface area contributed by atoms with E-state index in [4.69, 9.17) is 4.74 Å². The lowest BCUT2D eigenvalue weighted by Gasteiger charge is -2.16. The van der Waals surface area contributed by atoms with E-state index in [0.29, 0.717) is 43.5 Å². The zero-order valence-corrected chi connectivity index (χ0v) is 20.7. The second-order valence-electron chi connectivity index (χ2n) is 7.23. The van der Waals surface area contributed by atoms with Gasteiger partial charge in [-0.1, -0.05) is 18.2 Å². The number of hydrogen-bond donors (Lipinski definition) is 3. The van der Waals surface area contributed by atoms with Crippen LogP contribution in [0.25, 0.3) is 0 Å². The fourth-order valence-electron chi connectivity index (χ4n) is 3.33. The van der Waals surface area contributed by atoms with Crippen LogP contribution in [0.2, 0.25) is 0 Å². The monoisotopic (exact) mass is 551 g/mol. The predicted molar refractivity (Wildman–Crippen MR) is 138 cm³/mol. The number of guanidine groups is 1. The van der Waals surface area contributed by atoms with Crippen LogP contribution in [0, 0.1) is 0 Å². The summed E-state index contributed by atoms with van der Waals surface area (Å²) in [5, 5.41) is 9.21. The number of nitrogens with zero attached hydrogens (tertiary/aromatic N) is 2. The molecule has 32 heavy (non-hydrogen) atoms. The zero-order chi connectivity index (χ0) is 22.1. The van der Waals surface area contributed by atoms with Gasteiger partial charge in [0.05, 0.1) is 6.54 Å². The first-order valence-electron chi connectivity index (χ1n) is 10.4. The van der Waals surface area contributed by atoms with Crippen LogP contribution >= 0.6 is 24.0 Å². The van der Waals surface area contributed by atoms with Gasteiger partial charge in [-0.25, -0.2) is 0 Å². The first-order valence-corrected chi connectivity index (χ1v) is 10.4. The van der Waals surface area contributed by atoms with Crippen LogP contribution in [-0.2, 0) is 16.1 Å². The minimum atomic E-state index is -0.118. The molecule has 1 heterocycles. The Kier molecular flexibility index (Phi) is 10.3. The number of halogens is 1. The number of nitrogens with one attached hydrogen (secondary N) is 3. The standard InChI is InChI=1S/C23H29N5O3.HI/c1-17(29)27-19-5-3-6-21(15-19)31-14-12-25-23(24-2)26-16-18-8-10-20(11-9-18)28-13-4-7-22(28)30;/h3,5-6,8-11,15H,4,7,12-14,16H2,1-2H3,(H,27,29)(H2,24,25,26);1H. The summed E-state index contributed by atoms with van der Waals surface area (Å²) in [5.41, 5.74) is 2.76. The van der Waals surface area contributed by atoms with Crippen molar-refractivity contribution < 1.29 is 14.3 Å². The molecule has 8 nitrogen and oxygen atoms in total. The Hall–Kier alpha value is -2.82. The Morgan fingerprint density at radius 1 is 1.16 bits per heavy atom. The molecule has 0 spiro atoms. The maximum Gasteiger partial charge on any atom is 0.227 e. The van der Waals surface area contributed by atoms with Crippen molar-refractivity contribution >= 4 is 53.1 Å². The van der Waals surface area contributed by atoms with E-state index in [1.807, 2.05) is 47.4 Å². The van der Waals surface area contributed by atoms with Gasteiger partial charge in [0, 0.05) is 50.9 Å². The topological polar surface area (TPSA) is 95.1 Å². The average Bonchev–Trinajstić information content (AvgIpc) is 3.19. The minimum absolute atomic E-state index is 0. The molecule has 0 bridgehead atoms. The molecule has 172 valence electrons. The largest absolute Gasteiger partial charge is 0.492 e. The van der Waals surface area contributed by atoms with E-state index in [-0.39, 0.29) is 35.8 Å². The van der Waals surface area contributed by atoms with Crippen molar-refractivity contribution in [1.29, 1.82) is 0 Å². The molecule has 0 atom stereocenters. The molecule has 0 unspecified atom stereocenters. The number of carbonyl (C=O) groups is 2. The van der Waals surface area contributed by atoms with Gasteiger partial charge in [-0.15, -0.1) is 24.0 Å². The van der Waals surface area contributed by atoms with Gasteiger partial charge in [-0.05, 0) is 36.2 Å². The van der Waals surface area contributed by atoms with E-state index in [1.165, 1.54) is 6.92 Å². The second-order valence-corrected chi connectivity index (χ2v) is 7.23. The molecule has 1 saturated heterocycles. The third-order valence-corrected chi connectivity index (χ3v) is 4.82. The summed E-state index contributed by atoms with van der Waals surface area (Å²) in [5.74, 6) is 1.44. The number of amides is 2. The average molecular weight is 551 g/mol. The molecule has 2 amide bonds. The molecule has 2 aromatic carbocycles. The maximum atomic E-state index is 11.9. The van der Waals surface area contributed by atoms with Crippen molar-refractivity contribution in [2.75, 3.05) is 37.0 Å². The lowest BCUT2D eigenvalue weighted by Crippen LogP contribution is -2.38. The van der Waals surface area contributed by atoms with Gasteiger partial charge < -0.3 is 25.6 Å². The van der Waals surface area contributed by atoms with E-state index in [1.54, 1.807) is 13.1 Å². The van der Waals surface area contributed by atoms with Gasteiger partial charge in [0.2, 0.25) is 11.8 Å². The van der Waals surface area contributed by atoms with Gasteiger partial charge in [0.1, 0.15) is 12.4 Å². The molecule has 3 rings (SSSR count). The van der Waals surface area contributed by atoms with Gasteiger partial charge in [-0.2, -0.15) is 0 Å². The summed E-state index contributed by atoms with van der Waals surface area (Å²) in [6.07, 6.45) is 1.56. The van der Waals surface area contributed by atoms with Crippen molar-refractivity contribution in [3.8, 4) is 5.75 Å². The molecule has 0 saturated carbocycles. The smallest absolute Gasteiger partial charge is 0.227 e. The van der Waals surface area contributed by atoms with Crippen molar-refractivity contribution in [2.24, 2.45) is 4.99 Å². The minimum Gasteiger partial charge on any atom is -0.492 e. The summed E-state index contributed by atoms with van der Waals surface area (Å²) in [6, 6.07) is 15.3. The van der Waals surface area contributed by atoms with Crippen molar-refractivity contribution in [1.82, 2.24) is 10.6 Å². The fraction of sp³-hybridized carbons (Fsp3) is 0.348. The number of hydrogen-bond acceptors (Lipinski definition) is 4. The number of ether oxygens (including phenoxy) is 1. The first kappa shape index (κ1) is 25.4. The summed E-state index contributed by atoms with van der Waals surface area (Å²) < 4.78 is 5.73. The first-order chi connectivity index (χ1) is 15.0. The Morgan fingerprint density at radius 2 is 1.94 bits per heavy atom. The number of aliphatic imine (C=N–C) groups is 1. The van der Waals surface area contributed by atoms with Crippen LogP contribution in [0.3, 0.4) is 0 Å². The van der Waals surface area contributed by atoms with Crippen LogP contribution in [0.15, 0.2) is 53.5 Å². The zero-order valence-electron chi connectivity index (χ0n) is 18.4. The molecular formula is C23H30IN5O3. The quantitative estimate of drug-likeness (QED) is 0.203. The van der Waals surface area contributed by atoms with E-state index in [0.717, 1.165) is 24.2 Å². The van der Waals surface area contributed by atoms with Crippen molar-refractivity contribution in [3.05, 3.63) is 54.1 Å². The Balaban J connectivity index is 0.00000363. The number of anilines is 2. The molecule has 1 fully saturated rings. The molecular weight excluding hydrogens is 521 g/mol. The molecule has 9 heteroatoms.